The zero-order valence-electron chi connectivity index (χ0n) is 12.3. The Morgan fingerprint density at radius 1 is 1.27 bits per heavy atom. The summed E-state index contributed by atoms with van der Waals surface area (Å²) in [7, 11) is 0. The smallest absolute Gasteiger partial charge is 0.271 e. The van der Waals surface area contributed by atoms with Gasteiger partial charge >= 0.3 is 0 Å². The van der Waals surface area contributed by atoms with Crippen molar-refractivity contribution in [2.24, 2.45) is 5.92 Å². The van der Waals surface area contributed by atoms with Crippen LogP contribution in [0.1, 0.15) is 23.8 Å². The predicted octanol–water partition coefficient (Wildman–Crippen LogP) is 2.20. The molecular weight excluding hydrogens is 323 g/mol. The number of fused-ring (bicyclic) bond motifs is 1. The van der Waals surface area contributed by atoms with E-state index in [1.54, 1.807) is 6.20 Å². The van der Waals surface area contributed by atoms with Crippen molar-refractivity contribution in [2.75, 3.05) is 13.1 Å². The van der Waals surface area contributed by atoms with Gasteiger partial charge in [-0.25, -0.2) is 4.98 Å². The van der Waals surface area contributed by atoms with Crippen molar-refractivity contribution in [1.82, 2.24) is 20.6 Å². The number of nitrogens with one attached hydrogen (secondary N) is 2. The van der Waals surface area contributed by atoms with Crippen LogP contribution in [-0.2, 0) is 0 Å². The van der Waals surface area contributed by atoms with E-state index < -0.39 is 0 Å². The van der Waals surface area contributed by atoms with Gasteiger partial charge in [-0.15, -0.1) is 24.8 Å². The van der Waals surface area contributed by atoms with Gasteiger partial charge in [0.2, 0.25) is 0 Å². The third-order valence-corrected chi connectivity index (χ3v) is 3.78. The highest BCUT2D eigenvalue weighted by Crippen LogP contribution is 2.12. The van der Waals surface area contributed by atoms with Gasteiger partial charge in [-0.1, -0.05) is 19.1 Å². The van der Waals surface area contributed by atoms with Crippen LogP contribution in [0.3, 0.4) is 0 Å². The number of carbonyl (C=O) groups excluding carboxylic acids is 1. The van der Waals surface area contributed by atoms with Crippen LogP contribution in [0.4, 0.5) is 0 Å². The maximum atomic E-state index is 12.3. The lowest BCUT2D eigenvalue weighted by molar-refractivity contribution is 0.0909. The highest BCUT2D eigenvalue weighted by Gasteiger charge is 2.23. The molecule has 1 fully saturated rings. The number of rotatable bonds is 2. The Hall–Kier alpha value is -1.43. The molecule has 120 valence electrons. The first-order valence-corrected chi connectivity index (χ1v) is 6.97. The van der Waals surface area contributed by atoms with Crippen molar-refractivity contribution in [3.8, 4) is 0 Å². The summed E-state index contributed by atoms with van der Waals surface area (Å²) in [4.78, 5) is 20.9. The molecule has 0 bridgehead atoms. The predicted molar refractivity (Wildman–Crippen MR) is 91.9 cm³/mol. The largest absolute Gasteiger partial charge is 0.348 e. The number of amides is 1. The third kappa shape index (κ3) is 4.06. The first-order valence-electron chi connectivity index (χ1n) is 6.97. The fourth-order valence-electron chi connectivity index (χ4n) is 2.54. The molecule has 0 aliphatic carbocycles. The number of aromatic nitrogens is 2. The highest BCUT2D eigenvalue weighted by atomic mass is 35.5. The molecule has 1 amide bonds. The molecule has 22 heavy (non-hydrogen) atoms. The Morgan fingerprint density at radius 2 is 2.00 bits per heavy atom. The lowest BCUT2D eigenvalue weighted by atomic mass is 9.95. The number of hydrogen-bond donors (Lipinski definition) is 2. The van der Waals surface area contributed by atoms with E-state index in [4.69, 9.17) is 0 Å². The molecule has 1 aromatic heterocycles. The molecule has 1 aliphatic rings. The van der Waals surface area contributed by atoms with Crippen molar-refractivity contribution in [3.63, 3.8) is 0 Å². The van der Waals surface area contributed by atoms with Gasteiger partial charge in [-0.3, -0.25) is 9.78 Å². The molecule has 1 aromatic carbocycles. The molecule has 0 saturated carbocycles. The minimum Gasteiger partial charge on any atom is -0.348 e. The lowest BCUT2D eigenvalue weighted by Crippen LogP contribution is -2.48. The van der Waals surface area contributed by atoms with Crippen molar-refractivity contribution in [1.29, 1.82) is 0 Å². The van der Waals surface area contributed by atoms with Gasteiger partial charge in [-0.2, -0.15) is 0 Å². The van der Waals surface area contributed by atoms with Crippen LogP contribution in [0.5, 0.6) is 0 Å². The Labute approximate surface area is 142 Å². The zero-order valence-corrected chi connectivity index (χ0v) is 13.9. The molecule has 7 heteroatoms. The summed E-state index contributed by atoms with van der Waals surface area (Å²) in [6, 6.07) is 7.77. The molecular formula is C15H20Cl2N4O. The maximum absolute atomic E-state index is 12.3. The first-order chi connectivity index (χ1) is 9.74. The van der Waals surface area contributed by atoms with Gasteiger partial charge in [0.15, 0.2) is 0 Å². The first kappa shape index (κ1) is 18.6. The summed E-state index contributed by atoms with van der Waals surface area (Å²) in [5.41, 5.74) is 1.94. The molecule has 3 rings (SSSR count). The average molecular weight is 343 g/mol. The minimum absolute atomic E-state index is 0. The topological polar surface area (TPSA) is 66.9 Å². The molecule has 2 heterocycles. The van der Waals surface area contributed by atoms with Gasteiger partial charge in [-0.05, 0) is 37.6 Å². The van der Waals surface area contributed by atoms with E-state index in [0.29, 0.717) is 11.6 Å². The molecule has 0 spiro atoms. The Bertz CT molecular complexity index is 638. The van der Waals surface area contributed by atoms with Crippen LogP contribution < -0.4 is 10.6 Å². The maximum Gasteiger partial charge on any atom is 0.271 e. The summed E-state index contributed by atoms with van der Waals surface area (Å²) in [6.07, 6.45) is 2.50. The average Bonchev–Trinajstić information content (AvgIpc) is 2.49. The van der Waals surface area contributed by atoms with Crippen LogP contribution in [0.15, 0.2) is 30.5 Å². The van der Waals surface area contributed by atoms with E-state index in [-0.39, 0.29) is 36.8 Å². The summed E-state index contributed by atoms with van der Waals surface area (Å²) in [5, 5.41) is 6.39. The number of para-hydroxylation sites is 2. The van der Waals surface area contributed by atoms with Crippen LogP contribution in [-0.4, -0.2) is 35.0 Å². The molecule has 0 radical (unpaired) electrons. The molecule has 2 N–H and O–H groups in total. The molecule has 5 nitrogen and oxygen atoms in total. The number of nitrogens with zero attached hydrogens (tertiary/aromatic N) is 2. The monoisotopic (exact) mass is 342 g/mol. The lowest BCUT2D eigenvalue weighted by Gasteiger charge is -2.30. The van der Waals surface area contributed by atoms with Crippen LogP contribution in [0.2, 0.25) is 0 Å². The van der Waals surface area contributed by atoms with E-state index in [1.165, 1.54) is 0 Å². The van der Waals surface area contributed by atoms with Crippen molar-refractivity contribution in [3.05, 3.63) is 36.2 Å². The number of halogens is 2. The Kier molecular flexibility index (Phi) is 7.00. The van der Waals surface area contributed by atoms with Gasteiger partial charge in [0.1, 0.15) is 5.69 Å². The zero-order chi connectivity index (χ0) is 13.9. The minimum atomic E-state index is -0.137. The molecule has 1 saturated heterocycles. The summed E-state index contributed by atoms with van der Waals surface area (Å²) in [6.45, 7) is 4.02. The van der Waals surface area contributed by atoms with Gasteiger partial charge in [0.05, 0.1) is 17.2 Å². The number of piperidine rings is 1. The van der Waals surface area contributed by atoms with Gasteiger partial charge < -0.3 is 10.6 Å². The fourth-order valence-corrected chi connectivity index (χ4v) is 2.54. The molecule has 1 aliphatic heterocycles. The van der Waals surface area contributed by atoms with Crippen LogP contribution >= 0.6 is 24.8 Å². The second kappa shape index (κ2) is 8.27. The van der Waals surface area contributed by atoms with E-state index in [1.807, 2.05) is 24.3 Å². The standard InChI is InChI=1S/C15H18N4O.2ClH/c1-10-8-16-7-6-11(10)19-15(20)14-9-17-12-4-2-3-5-13(12)18-14;;/h2-5,9-11,16H,6-8H2,1H3,(H,19,20);2*1H. The van der Waals surface area contributed by atoms with E-state index in [2.05, 4.69) is 27.5 Å². The summed E-state index contributed by atoms with van der Waals surface area (Å²) < 4.78 is 0. The molecule has 2 aromatic rings. The number of hydrogen-bond acceptors (Lipinski definition) is 4. The van der Waals surface area contributed by atoms with Gasteiger partial charge in [0, 0.05) is 6.04 Å². The Balaban J connectivity index is 0.00000121. The number of benzene rings is 1. The second-order valence-corrected chi connectivity index (χ2v) is 5.29. The quantitative estimate of drug-likeness (QED) is 0.877. The third-order valence-electron chi connectivity index (χ3n) is 3.78. The van der Waals surface area contributed by atoms with Crippen molar-refractivity contribution < 1.29 is 4.79 Å². The molecule has 2 unspecified atom stereocenters. The van der Waals surface area contributed by atoms with Gasteiger partial charge in [0.25, 0.3) is 5.91 Å². The Morgan fingerprint density at radius 3 is 2.73 bits per heavy atom. The fraction of sp³-hybridized carbons (Fsp3) is 0.400. The highest BCUT2D eigenvalue weighted by molar-refractivity contribution is 5.93. The van der Waals surface area contributed by atoms with Crippen molar-refractivity contribution >= 4 is 41.8 Å². The SMILES string of the molecule is CC1CNCCC1NC(=O)c1cnc2ccccc2n1.Cl.Cl. The van der Waals surface area contributed by atoms with Crippen LogP contribution in [0.25, 0.3) is 11.0 Å². The second-order valence-electron chi connectivity index (χ2n) is 5.29. The van der Waals surface area contributed by atoms with E-state index >= 15 is 0 Å². The molecule has 2 atom stereocenters. The van der Waals surface area contributed by atoms with Crippen LogP contribution in [0, 0.1) is 5.92 Å². The summed E-state index contributed by atoms with van der Waals surface area (Å²) in [5.74, 6) is 0.295. The van der Waals surface area contributed by atoms with Crippen molar-refractivity contribution in [2.45, 2.75) is 19.4 Å². The van der Waals surface area contributed by atoms with E-state index in [9.17, 15) is 4.79 Å². The normalized spacial score (nSPS) is 20.6. The van der Waals surface area contributed by atoms with E-state index in [0.717, 1.165) is 30.5 Å². The number of carbonyl (C=O) groups is 1. The summed E-state index contributed by atoms with van der Waals surface area (Å²) >= 11 is 0.